The molecular weight excluding hydrogens is 346 g/mol. The van der Waals surface area contributed by atoms with Crippen molar-refractivity contribution in [2.24, 2.45) is 0 Å². The first-order chi connectivity index (χ1) is 10.2. The fourth-order valence-corrected chi connectivity index (χ4v) is 5.80. The molecule has 2 rings (SSSR count). The van der Waals surface area contributed by atoms with Gasteiger partial charge in [-0.25, -0.2) is 5.48 Å². The van der Waals surface area contributed by atoms with Crippen molar-refractivity contribution in [3.05, 3.63) is 0 Å². The van der Waals surface area contributed by atoms with Gasteiger partial charge in [0.1, 0.15) is 0 Å². The van der Waals surface area contributed by atoms with Gasteiger partial charge in [0.2, 0.25) is 11.8 Å². The van der Waals surface area contributed by atoms with Crippen LogP contribution in [0.4, 0.5) is 0 Å². The molecule has 2 saturated heterocycles. The maximum atomic E-state index is 12.1. The van der Waals surface area contributed by atoms with Crippen LogP contribution in [0.25, 0.3) is 0 Å². The van der Waals surface area contributed by atoms with E-state index in [2.05, 4.69) is 10.6 Å². The first kappa shape index (κ1) is 19.9. The molecule has 0 aromatic rings. The molecule has 0 bridgehead atoms. The lowest BCUT2D eigenvalue weighted by atomic mass is 10.1. The Morgan fingerprint density at radius 2 is 1.95 bits per heavy atom. The van der Waals surface area contributed by atoms with Crippen molar-refractivity contribution in [2.45, 2.75) is 42.2 Å². The normalized spacial score (nSPS) is 22.3. The molecule has 0 saturated carbocycles. The first-order valence-corrected chi connectivity index (χ1v) is 9.34. The van der Waals surface area contributed by atoms with Gasteiger partial charge in [-0.2, -0.15) is 0 Å². The molecule has 9 heteroatoms. The minimum Gasteiger partial charge on any atom is -0.355 e. The van der Waals surface area contributed by atoms with E-state index >= 15 is 0 Å². The number of thioether (sulfide) groups is 2. The summed E-state index contributed by atoms with van der Waals surface area (Å²) in [6.07, 6.45) is 3.67. The van der Waals surface area contributed by atoms with E-state index in [1.807, 2.05) is 23.5 Å². The molecule has 1 spiro atoms. The van der Waals surface area contributed by atoms with Crippen LogP contribution in [-0.2, 0) is 9.59 Å². The Hall–Kier alpha value is -0.150. The van der Waals surface area contributed by atoms with Crippen LogP contribution in [0.15, 0.2) is 0 Å². The predicted octanol–water partition coefficient (Wildman–Crippen LogP) is 1.13. The molecule has 0 aliphatic carbocycles. The van der Waals surface area contributed by atoms with Gasteiger partial charge in [0, 0.05) is 31.0 Å². The van der Waals surface area contributed by atoms with Crippen molar-refractivity contribution in [1.29, 1.82) is 0 Å². The van der Waals surface area contributed by atoms with E-state index in [1.165, 1.54) is 11.5 Å². The van der Waals surface area contributed by atoms with Gasteiger partial charge in [-0.1, -0.05) is 6.42 Å². The van der Waals surface area contributed by atoms with Crippen LogP contribution in [0.1, 0.15) is 32.1 Å². The Morgan fingerprint density at radius 1 is 1.23 bits per heavy atom. The highest BCUT2D eigenvalue weighted by Crippen LogP contribution is 2.49. The first-order valence-electron chi connectivity index (χ1n) is 7.37. The van der Waals surface area contributed by atoms with Crippen molar-refractivity contribution in [2.75, 3.05) is 24.6 Å². The monoisotopic (exact) mass is 369 g/mol. The third kappa shape index (κ3) is 5.81. The minimum absolute atomic E-state index is 0. The predicted molar refractivity (Wildman–Crippen MR) is 92.7 cm³/mol. The highest BCUT2D eigenvalue weighted by atomic mass is 35.5. The van der Waals surface area contributed by atoms with E-state index in [4.69, 9.17) is 5.21 Å². The summed E-state index contributed by atoms with van der Waals surface area (Å²) in [6.45, 7) is 1.56. The largest absolute Gasteiger partial charge is 0.355 e. The van der Waals surface area contributed by atoms with Gasteiger partial charge in [0.05, 0.1) is 10.1 Å². The number of carbonyl (C=O) groups excluding carboxylic acids is 2. The molecule has 2 fully saturated rings. The molecular formula is C13H24ClN3O3S2. The zero-order chi connectivity index (χ0) is 15.1. The van der Waals surface area contributed by atoms with Crippen LogP contribution < -0.4 is 16.1 Å². The number of carbonyl (C=O) groups is 2. The number of halogens is 1. The molecule has 0 aromatic carbocycles. The SMILES string of the molecule is Cl.O=C(CCCCCNC(=O)[C@@H]1CC2(CN1)SCCS2)NO. The highest BCUT2D eigenvalue weighted by molar-refractivity contribution is 8.21. The molecule has 2 aliphatic rings. The summed E-state index contributed by atoms with van der Waals surface area (Å²) in [5.41, 5.74) is 1.61. The summed E-state index contributed by atoms with van der Waals surface area (Å²) < 4.78 is 0.222. The topological polar surface area (TPSA) is 90.5 Å². The lowest BCUT2D eigenvalue weighted by Gasteiger charge is -2.19. The summed E-state index contributed by atoms with van der Waals surface area (Å²) in [7, 11) is 0. The molecule has 0 aromatic heterocycles. The van der Waals surface area contributed by atoms with E-state index in [9.17, 15) is 9.59 Å². The molecule has 4 N–H and O–H groups in total. The van der Waals surface area contributed by atoms with E-state index in [1.54, 1.807) is 5.48 Å². The quantitative estimate of drug-likeness (QED) is 0.305. The molecule has 22 heavy (non-hydrogen) atoms. The Labute approximate surface area is 145 Å². The number of unbranched alkanes of at least 4 members (excludes halogenated alkanes) is 2. The maximum absolute atomic E-state index is 12.1. The molecule has 6 nitrogen and oxygen atoms in total. The lowest BCUT2D eigenvalue weighted by Crippen LogP contribution is -2.40. The van der Waals surface area contributed by atoms with E-state index in [0.29, 0.717) is 13.0 Å². The van der Waals surface area contributed by atoms with Gasteiger partial charge < -0.3 is 10.6 Å². The third-order valence-corrected chi connectivity index (χ3v) is 7.22. The Balaban J connectivity index is 0.00000242. The fourth-order valence-electron chi connectivity index (χ4n) is 2.61. The molecule has 2 aliphatic heterocycles. The van der Waals surface area contributed by atoms with Crippen molar-refractivity contribution in [3.63, 3.8) is 0 Å². The molecule has 128 valence electrons. The molecule has 0 radical (unpaired) electrons. The van der Waals surface area contributed by atoms with Gasteiger partial charge in [-0.3, -0.25) is 14.8 Å². The third-order valence-electron chi connectivity index (χ3n) is 3.77. The van der Waals surface area contributed by atoms with Gasteiger partial charge >= 0.3 is 0 Å². The van der Waals surface area contributed by atoms with Crippen LogP contribution in [0.3, 0.4) is 0 Å². The zero-order valence-corrected chi connectivity index (χ0v) is 14.9. The molecule has 2 amide bonds. The average molecular weight is 370 g/mol. The lowest BCUT2D eigenvalue weighted by molar-refractivity contribution is -0.129. The molecule has 1 atom stereocenters. The van der Waals surface area contributed by atoms with Gasteiger partial charge in [-0.05, 0) is 19.3 Å². The van der Waals surface area contributed by atoms with Crippen LogP contribution in [0.2, 0.25) is 0 Å². The van der Waals surface area contributed by atoms with Crippen LogP contribution in [0.5, 0.6) is 0 Å². The van der Waals surface area contributed by atoms with Crippen LogP contribution >= 0.6 is 35.9 Å². The second-order valence-electron chi connectivity index (χ2n) is 5.38. The molecule has 0 unspecified atom stereocenters. The second-order valence-corrected chi connectivity index (χ2v) is 8.60. The fraction of sp³-hybridized carbons (Fsp3) is 0.846. The Kier molecular flexibility index (Phi) is 8.93. The number of hydrogen-bond donors (Lipinski definition) is 4. The summed E-state index contributed by atoms with van der Waals surface area (Å²) in [4.78, 5) is 22.9. The van der Waals surface area contributed by atoms with Crippen molar-refractivity contribution in [1.82, 2.24) is 16.1 Å². The minimum atomic E-state index is -0.356. The van der Waals surface area contributed by atoms with Crippen LogP contribution in [0, 0.1) is 0 Å². The highest BCUT2D eigenvalue weighted by Gasteiger charge is 2.44. The van der Waals surface area contributed by atoms with Crippen molar-refractivity contribution in [3.8, 4) is 0 Å². The Morgan fingerprint density at radius 3 is 2.64 bits per heavy atom. The van der Waals surface area contributed by atoms with E-state index in [-0.39, 0.29) is 34.3 Å². The van der Waals surface area contributed by atoms with Crippen molar-refractivity contribution < 1.29 is 14.8 Å². The number of amides is 2. The summed E-state index contributed by atoms with van der Waals surface area (Å²) in [5, 5.41) is 14.6. The number of nitrogens with one attached hydrogen (secondary N) is 3. The van der Waals surface area contributed by atoms with E-state index < -0.39 is 0 Å². The zero-order valence-electron chi connectivity index (χ0n) is 12.4. The number of hydroxylamine groups is 1. The van der Waals surface area contributed by atoms with Crippen molar-refractivity contribution >= 4 is 47.7 Å². The Bertz CT molecular complexity index is 382. The number of rotatable bonds is 7. The van der Waals surface area contributed by atoms with Crippen LogP contribution in [-0.4, -0.2) is 51.7 Å². The van der Waals surface area contributed by atoms with E-state index in [0.717, 1.165) is 32.2 Å². The van der Waals surface area contributed by atoms with Gasteiger partial charge in [-0.15, -0.1) is 35.9 Å². The summed E-state index contributed by atoms with van der Waals surface area (Å²) >= 11 is 3.95. The number of hydrogen-bond acceptors (Lipinski definition) is 6. The smallest absolute Gasteiger partial charge is 0.243 e. The standard InChI is InChI=1S/C13H23N3O3S2.ClH/c17-11(16-19)4-2-1-3-5-14-12(18)10-8-13(9-15-10)20-6-7-21-13;/h10,15,19H,1-9H2,(H,14,18)(H,16,17);1H/t10-;/m0./s1. The van der Waals surface area contributed by atoms with Gasteiger partial charge in [0.25, 0.3) is 0 Å². The van der Waals surface area contributed by atoms with Gasteiger partial charge in [0.15, 0.2) is 0 Å². The summed E-state index contributed by atoms with van der Waals surface area (Å²) in [6, 6.07) is -0.0664. The molecule has 2 heterocycles. The average Bonchev–Trinajstić information content (AvgIpc) is 3.13. The maximum Gasteiger partial charge on any atom is 0.243 e. The summed E-state index contributed by atoms with van der Waals surface area (Å²) in [5.74, 6) is 2.10. The second kappa shape index (κ2) is 9.87.